The predicted octanol–water partition coefficient (Wildman–Crippen LogP) is 3.05. The van der Waals surface area contributed by atoms with Crippen LogP contribution in [0.3, 0.4) is 0 Å². The number of nitrogens with one attached hydrogen (secondary N) is 1. The van der Waals surface area contributed by atoms with Gasteiger partial charge in [-0.3, -0.25) is 4.79 Å². The molecule has 0 aliphatic heterocycles. The minimum Gasteiger partial charge on any atom is -0.377 e. The molecule has 0 fully saturated rings. The van der Waals surface area contributed by atoms with Crippen LogP contribution in [0.5, 0.6) is 0 Å². The molecule has 1 aromatic heterocycles. The molecule has 21 heavy (non-hydrogen) atoms. The standard InChI is InChI=1S/C15H24ClN3O2/c1-5-8-17-13-7-6-12(16)14(18-13)15(20)19(4)9-10-21-11(2)3/h6-7,11H,5,8-10H2,1-4H3,(H,17,18). The van der Waals surface area contributed by atoms with E-state index < -0.39 is 0 Å². The van der Waals surface area contributed by atoms with E-state index in [1.54, 1.807) is 24.1 Å². The lowest BCUT2D eigenvalue weighted by atomic mass is 10.3. The Labute approximate surface area is 131 Å². The molecule has 0 spiro atoms. The number of halogens is 1. The van der Waals surface area contributed by atoms with Crippen molar-refractivity contribution in [1.29, 1.82) is 0 Å². The fraction of sp³-hybridized carbons (Fsp3) is 0.600. The first-order chi connectivity index (χ1) is 9.95. The van der Waals surface area contributed by atoms with E-state index in [1.165, 1.54) is 0 Å². The van der Waals surface area contributed by atoms with E-state index in [2.05, 4.69) is 17.2 Å². The van der Waals surface area contributed by atoms with Crippen LogP contribution in [0.1, 0.15) is 37.7 Å². The largest absolute Gasteiger partial charge is 0.377 e. The zero-order valence-corrected chi connectivity index (χ0v) is 13.9. The van der Waals surface area contributed by atoms with Gasteiger partial charge in [-0.2, -0.15) is 0 Å². The molecule has 1 heterocycles. The van der Waals surface area contributed by atoms with Gasteiger partial charge >= 0.3 is 0 Å². The van der Waals surface area contributed by atoms with Crippen molar-refractivity contribution in [2.45, 2.75) is 33.3 Å². The first-order valence-corrected chi connectivity index (χ1v) is 7.61. The molecule has 1 rings (SSSR count). The van der Waals surface area contributed by atoms with Gasteiger partial charge in [0.05, 0.1) is 17.7 Å². The zero-order valence-electron chi connectivity index (χ0n) is 13.1. The van der Waals surface area contributed by atoms with Crippen LogP contribution in [0.2, 0.25) is 5.02 Å². The van der Waals surface area contributed by atoms with E-state index in [0.29, 0.717) is 24.0 Å². The summed E-state index contributed by atoms with van der Waals surface area (Å²) in [4.78, 5) is 18.2. The molecule has 0 aliphatic rings. The second-order valence-electron chi connectivity index (χ2n) is 5.10. The number of hydrogen-bond acceptors (Lipinski definition) is 4. The Balaban J connectivity index is 2.71. The van der Waals surface area contributed by atoms with Gasteiger partial charge < -0.3 is 15.0 Å². The molecule has 0 aliphatic carbocycles. The Morgan fingerprint density at radius 2 is 2.19 bits per heavy atom. The molecule has 1 aromatic rings. The fourth-order valence-corrected chi connectivity index (χ4v) is 1.84. The Morgan fingerprint density at radius 3 is 2.81 bits per heavy atom. The number of anilines is 1. The Morgan fingerprint density at radius 1 is 1.48 bits per heavy atom. The highest BCUT2D eigenvalue weighted by Gasteiger charge is 2.17. The molecule has 5 nitrogen and oxygen atoms in total. The van der Waals surface area contributed by atoms with Crippen molar-refractivity contribution in [2.24, 2.45) is 0 Å². The summed E-state index contributed by atoms with van der Waals surface area (Å²) in [5.41, 5.74) is 0.268. The van der Waals surface area contributed by atoms with Crippen LogP contribution in [-0.2, 0) is 4.74 Å². The smallest absolute Gasteiger partial charge is 0.273 e. The van der Waals surface area contributed by atoms with Gasteiger partial charge in [-0.25, -0.2) is 4.98 Å². The van der Waals surface area contributed by atoms with Crippen molar-refractivity contribution in [2.75, 3.05) is 32.1 Å². The van der Waals surface area contributed by atoms with Gasteiger partial charge in [0.25, 0.3) is 5.91 Å². The van der Waals surface area contributed by atoms with E-state index in [0.717, 1.165) is 13.0 Å². The lowest BCUT2D eigenvalue weighted by Crippen LogP contribution is -2.31. The normalized spacial score (nSPS) is 10.8. The molecule has 0 saturated heterocycles. The van der Waals surface area contributed by atoms with E-state index in [4.69, 9.17) is 16.3 Å². The quantitative estimate of drug-likeness (QED) is 0.801. The van der Waals surface area contributed by atoms with Crippen LogP contribution in [0.4, 0.5) is 5.82 Å². The third-order valence-corrected chi connectivity index (χ3v) is 3.13. The van der Waals surface area contributed by atoms with E-state index in [9.17, 15) is 4.79 Å². The van der Waals surface area contributed by atoms with Crippen molar-refractivity contribution in [3.8, 4) is 0 Å². The van der Waals surface area contributed by atoms with Gasteiger partial charge in [0.1, 0.15) is 11.5 Å². The van der Waals surface area contributed by atoms with Gasteiger partial charge in [0.15, 0.2) is 0 Å². The van der Waals surface area contributed by atoms with Crippen molar-refractivity contribution < 1.29 is 9.53 Å². The Kier molecular flexibility index (Phi) is 7.47. The SMILES string of the molecule is CCCNc1ccc(Cl)c(C(=O)N(C)CCOC(C)C)n1. The average Bonchev–Trinajstić information content (AvgIpc) is 2.45. The molecule has 0 aromatic carbocycles. The minimum atomic E-state index is -0.201. The molecule has 0 radical (unpaired) electrons. The molecule has 118 valence electrons. The van der Waals surface area contributed by atoms with E-state index in [1.807, 2.05) is 13.8 Å². The maximum absolute atomic E-state index is 12.4. The highest BCUT2D eigenvalue weighted by atomic mass is 35.5. The topological polar surface area (TPSA) is 54.5 Å². The molecular weight excluding hydrogens is 290 g/mol. The first kappa shape index (κ1) is 17.7. The van der Waals surface area contributed by atoms with Crippen LogP contribution in [0.25, 0.3) is 0 Å². The summed E-state index contributed by atoms with van der Waals surface area (Å²) in [5, 5.41) is 3.51. The van der Waals surface area contributed by atoms with Gasteiger partial charge in [-0.05, 0) is 32.4 Å². The summed E-state index contributed by atoms with van der Waals surface area (Å²) in [6, 6.07) is 3.47. The number of amides is 1. The van der Waals surface area contributed by atoms with Crippen LogP contribution in [0, 0.1) is 0 Å². The highest BCUT2D eigenvalue weighted by Crippen LogP contribution is 2.18. The number of hydrogen-bond donors (Lipinski definition) is 1. The molecule has 1 amide bonds. The van der Waals surface area contributed by atoms with Gasteiger partial charge in [-0.15, -0.1) is 0 Å². The lowest BCUT2D eigenvalue weighted by Gasteiger charge is -2.18. The van der Waals surface area contributed by atoms with Gasteiger partial charge in [0, 0.05) is 20.1 Å². The van der Waals surface area contributed by atoms with Gasteiger partial charge in [-0.1, -0.05) is 18.5 Å². The first-order valence-electron chi connectivity index (χ1n) is 7.23. The van der Waals surface area contributed by atoms with E-state index in [-0.39, 0.29) is 17.7 Å². The fourth-order valence-electron chi connectivity index (χ4n) is 1.65. The van der Waals surface area contributed by atoms with Crippen molar-refractivity contribution >= 4 is 23.3 Å². The Bertz CT molecular complexity index is 466. The maximum atomic E-state index is 12.4. The molecule has 0 bridgehead atoms. The number of carbonyl (C=O) groups is 1. The molecule has 0 saturated carbocycles. The lowest BCUT2D eigenvalue weighted by molar-refractivity contribution is 0.0529. The number of ether oxygens (including phenoxy) is 1. The van der Waals surface area contributed by atoms with Crippen molar-refractivity contribution in [1.82, 2.24) is 9.88 Å². The van der Waals surface area contributed by atoms with E-state index >= 15 is 0 Å². The van der Waals surface area contributed by atoms with Crippen LogP contribution < -0.4 is 5.32 Å². The highest BCUT2D eigenvalue weighted by molar-refractivity contribution is 6.33. The monoisotopic (exact) mass is 313 g/mol. The average molecular weight is 314 g/mol. The number of aromatic nitrogens is 1. The summed E-state index contributed by atoms with van der Waals surface area (Å²) in [6.07, 6.45) is 1.14. The molecule has 0 unspecified atom stereocenters. The summed E-state index contributed by atoms with van der Waals surface area (Å²) in [6.45, 7) is 7.79. The summed E-state index contributed by atoms with van der Waals surface area (Å²) in [5.74, 6) is 0.462. The zero-order chi connectivity index (χ0) is 15.8. The third-order valence-electron chi connectivity index (χ3n) is 2.83. The maximum Gasteiger partial charge on any atom is 0.273 e. The summed E-state index contributed by atoms with van der Waals surface area (Å²) in [7, 11) is 1.72. The molecule has 0 atom stereocenters. The second kappa shape index (κ2) is 8.85. The molecule has 6 heteroatoms. The second-order valence-corrected chi connectivity index (χ2v) is 5.51. The number of nitrogens with zero attached hydrogens (tertiary/aromatic N) is 2. The number of rotatable bonds is 8. The number of likely N-dealkylation sites (N-methyl/N-ethyl adjacent to an activating group) is 1. The van der Waals surface area contributed by atoms with Gasteiger partial charge in [0.2, 0.25) is 0 Å². The van der Waals surface area contributed by atoms with Crippen molar-refractivity contribution in [3.63, 3.8) is 0 Å². The van der Waals surface area contributed by atoms with Crippen LogP contribution in [-0.4, -0.2) is 48.6 Å². The van der Waals surface area contributed by atoms with Crippen LogP contribution >= 0.6 is 11.6 Å². The predicted molar refractivity (Wildman–Crippen MR) is 86.1 cm³/mol. The minimum absolute atomic E-state index is 0.150. The summed E-state index contributed by atoms with van der Waals surface area (Å²) < 4.78 is 5.45. The molecule has 1 N–H and O–H groups in total. The van der Waals surface area contributed by atoms with Crippen molar-refractivity contribution in [3.05, 3.63) is 22.8 Å². The summed E-state index contributed by atoms with van der Waals surface area (Å²) >= 11 is 6.08. The Hall–Kier alpha value is -1.33. The van der Waals surface area contributed by atoms with Crippen LogP contribution in [0.15, 0.2) is 12.1 Å². The third kappa shape index (κ3) is 5.89. The number of carbonyl (C=O) groups excluding carboxylic acids is 1. The molecular formula is C15H24ClN3O2. The number of pyridine rings is 1.